The minimum atomic E-state index is -0.0947. The number of rotatable bonds is 5. The van der Waals surface area contributed by atoms with Crippen molar-refractivity contribution in [2.24, 2.45) is 0 Å². The highest BCUT2D eigenvalue weighted by atomic mass is 35.5. The van der Waals surface area contributed by atoms with Crippen molar-refractivity contribution in [1.29, 1.82) is 0 Å². The Hall–Kier alpha value is -2.59. The molecule has 1 aromatic heterocycles. The number of aryl methyl sites for hydroxylation is 1. The zero-order chi connectivity index (χ0) is 21.3. The van der Waals surface area contributed by atoms with E-state index in [4.69, 9.17) is 28.9 Å². The van der Waals surface area contributed by atoms with E-state index >= 15 is 0 Å². The van der Waals surface area contributed by atoms with E-state index in [1.165, 1.54) is 16.9 Å². The maximum atomic E-state index is 13.4. The number of anilines is 1. The number of nitrogens with two attached hydrogens (primary N) is 1. The van der Waals surface area contributed by atoms with E-state index < -0.39 is 0 Å². The zero-order valence-electron chi connectivity index (χ0n) is 16.3. The number of thiophene rings is 1. The Morgan fingerprint density at radius 3 is 2.03 bits per heavy atom. The summed E-state index contributed by atoms with van der Waals surface area (Å²) in [5.41, 5.74) is 11.8. The Kier molecular flexibility index (Phi) is 5.96. The summed E-state index contributed by atoms with van der Waals surface area (Å²) in [5.74, 6) is -0.0947. The molecule has 0 spiro atoms. The van der Waals surface area contributed by atoms with E-state index in [9.17, 15) is 4.79 Å². The smallest absolute Gasteiger partial charge is 0.196 e. The number of benzene rings is 3. The number of carbonyl (C=O) groups is 1. The van der Waals surface area contributed by atoms with Crippen molar-refractivity contribution in [3.63, 3.8) is 0 Å². The fraction of sp³-hybridized carbons (Fsp3) is 0.0800. The average Bonchev–Trinajstić information content (AvgIpc) is 3.06. The molecule has 150 valence electrons. The van der Waals surface area contributed by atoms with Crippen LogP contribution in [0.4, 0.5) is 5.00 Å². The summed E-state index contributed by atoms with van der Waals surface area (Å²) >= 11 is 13.5. The molecule has 4 aromatic rings. The second-order valence-electron chi connectivity index (χ2n) is 7.15. The zero-order valence-corrected chi connectivity index (χ0v) is 18.6. The number of halogens is 2. The lowest BCUT2D eigenvalue weighted by Gasteiger charge is -2.09. The molecule has 2 nitrogen and oxygen atoms in total. The molecule has 0 atom stereocenters. The van der Waals surface area contributed by atoms with Gasteiger partial charge in [0.05, 0.1) is 10.6 Å². The van der Waals surface area contributed by atoms with Crippen LogP contribution in [0.15, 0.2) is 72.8 Å². The van der Waals surface area contributed by atoms with Gasteiger partial charge in [-0.1, -0.05) is 65.2 Å². The Balaban J connectivity index is 1.85. The highest BCUT2D eigenvalue weighted by Crippen LogP contribution is 2.41. The minimum absolute atomic E-state index is 0.0947. The molecule has 30 heavy (non-hydrogen) atoms. The van der Waals surface area contributed by atoms with Gasteiger partial charge in [0.25, 0.3) is 0 Å². The number of nitrogen functional groups attached to an aromatic ring is 1. The third-order valence-electron chi connectivity index (χ3n) is 4.98. The predicted molar refractivity (Wildman–Crippen MR) is 128 cm³/mol. The second kappa shape index (κ2) is 8.65. The molecule has 0 aliphatic heterocycles. The summed E-state index contributed by atoms with van der Waals surface area (Å²) in [6.07, 6.45) is 0.612. The van der Waals surface area contributed by atoms with Crippen LogP contribution in [0.25, 0.3) is 10.4 Å². The van der Waals surface area contributed by atoms with Crippen LogP contribution in [0, 0.1) is 6.92 Å². The first-order chi connectivity index (χ1) is 14.4. The van der Waals surface area contributed by atoms with Gasteiger partial charge in [0, 0.05) is 20.5 Å². The summed E-state index contributed by atoms with van der Waals surface area (Å²) < 4.78 is 0. The van der Waals surface area contributed by atoms with Crippen molar-refractivity contribution in [2.45, 2.75) is 13.3 Å². The first-order valence-corrected chi connectivity index (χ1v) is 11.0. The van der Waals surface area contributed by atoms with Gasteiger partial charge < -0.3 is 5.73 Å². The van der Waals surface area contributed by atoms with Crippen LogP contribution in [0.2, 0.25) is 10.0 Å². The van der Waals surface area contributed by atoms with Gasteiger partial charge in [-0.2, -0.15) is 0 Å². The van der Waals surface area contributed by atoms with Crippen LogP contribution < -0.4 is 5.73 Å². The van der Waals surface area contributed by atoms with E-state index in [-0.39, 0.29) is 5.78 Å². The molecular formula is C25H19Cl2NOS. The van der Waals surface area contributed by atoms with Gasteiger partial charge in [-0.25, -0.2) is 0 Å². The van der Waals surface area contributed by atoms with E-state index in [1.54, 1.807) is 24.3 Å². The molecule has 0 unspecified atom stereocenters. The third-order valence-corrected chi connectivity index (χ3v) is 6.59. The molecule has 0 amide bonds. The Morgan fingerprint density at radius 2 is 1.43 bits per heavy atom. The van der Waals surface area contributed by atoms with E-state index in [0.29, 0.717) is 32.6 Å². The summed E-state index contributed by atoms with van der Waals surface area (Å²) in [6, 6.07) is 22.9. The van der Waals surface area contributed by atoms with Crippen molar-refractivity contribution >= 4 is 45.3 Å². The second-order valence-corrected chi connectivity index (χ2v) is 9.08. The van der Waals surface area contributed by atoms with Gasteiger partial charge in [-0.15, -0.1) is 11.3 Å². The van der Waals surface area contributed by atoms with Crippen molar-refractivity contribution < 1.29 is 4.79 Å². The lowest BCUT2D eigenvalue weighted by molar-refractivity contribution is 0.103. The van der Waals surface area contributed by atoms with Crippen LogP contribution in [0.3, 0.4) is 0 Å². The van der Waals surface area contributed by atoms with Crippen molar-refractivity contribution in [1.82, 2.24) is 0 Å². The molecule has 3 aromatic carbocycles. The summed E-state index contributed by atoms with van der Waals surface area (Å²) in [5, 5.41) is 1.77. The maximum Gasteiger partial charge on any atom is 0.196 e. The Bertz CT molecular complexity index is 1190. The van der Waals surface area contributed by atoms with Crippen LogP contribution in [0.5, 0.6) is 0 Å². The minimum Gasteiger partial charge on any atom is -0.390 e. The van der Waals surface area contributed by atoms with E-state index in [0.717, 1.165) is 21.6 Å². The van der Waals surface area contributed by atoms with Crippen LogP contribution >= 0.6 is 34.5 Å². The van der Waals surface area contributed by atoms with Crippen LogP contribution in [-0.4, -0.2) is 5.78 Å². The quantitative estimate of drug-likeness (QED) is 0.320. The normalized spacial score (nSPS) is 10.9. The fourth-order valence-corrected chi connectivity index (χ4v) is 4.73. The molecule has 2 N–H and O–H groups in total. The van der Waals surface area contributed by atoms with Gasteiger partial charge in [0.1, 0.15) is 0 Å². The first-order valence-electron chi connectivity index (χ1n) is 9.45. The Labute approximate surface area is 189 Å². The van der Waals surface area contributed by atoms with Crippen molar-refractivity contribution in [3.8, 4) is 10.4 Å². The summed E-state index contributed by atoms with van der Waals surface area (Å²) in [7, 11) is 0. The third kappa shape index (κ3) is 4.29. The molecular weight excluding hydrogens is 433 g/mol. The molecule has 5 heteroatoms. The average molecular weight is 452 g/mol. The predicted octanol–water partition coefficient (Wildman–Crippen LogP) is 7.43. The van der Waals surface area contributed by atoms with Crippen molar-refractivity contribution in [3.05, 3.63) is 111 Å². The van der Waals surface area contributed by atoms with Crippen LogP contribution in [-0.2, 0) is 6.42 Å². The van der Waals surface area contributed by atoms with Gasteiger partial charge in [0.2, 0.25) is 0 Å². The lowest BCUT2D eigenvalue weighted by Crippen LogP contribution is -2.07. The molecule has 0 radical (unpaired) electrons. The molecule has 0 saturated heterocycles. The molecule has 1 heterocycles. The highest BCUT2D eigenvalue weighted by molar-refractivity contribution is 7.20. The molecule has 4 rings (SSSR count). The van der Waals surface area contributed by atoms with Gasteiger partial charge in [-0.3, -0.25) is 4.79 Å². The number of hydrogen-bond acceptors (Lipinski definition) is 3. The first kappa shape index (κ1) is 20.7. The topological polar surface area (TPSA) is 43.1 Å². The van der Waals surface area contributed by atoms with Gasteiger partial charge in [-0.05, 0) is 66.4 Å². The van der Waals surface area contributed by atoms with E-state index in [2.05, 4.69) is 31.2 Å². The molecule has 0 aliphatic rings. The summed E-state index contributed by atoms with van der Waals surface area (Å²) in [4.78, 5) is 14.4. The maximum absolute atomic E-state index is 13.4. The SMILES string of the molecule is Cc1ccc(Cc2c(-c3ccc(Cl)cc3)sc(N)c2C(=O)c2ccc(Cl)cc2)cc1. The Morgan fingerprint density at radius 1 is 0.867 bits per heavy atom. The number of carbonyl (C=O) groups excluding carboxylic acids is 1. The monoisotopic (exact) mass is 451 g/mol. The molecule has 0 saturated carbocycles. The molecule has 0 bridgehead atoms. The van der Waals surface area contributed by atoms with Crippen molar-refractivity contribution in [2.75, 3.05) is 5.73 Å². The van der Waals surface area contributed by atoms with Crippen LogP contribution in [0.1, 0.15) is 32.6 Å². The molecule has 0 aliphatic carbocycles. The standard InChI is InChI=1S/C25H19Cl2NOS/c1-15-2-4-16(5-3-15)14-21-22(23(29)17-6-10-19(26)11-7-17)25(28)30-24(21)18-8-12-20(27)13-9-18/h2-13H,14,28H2,1H3. The van der Waals surface area contributed by atoms with Gasteiger partial charge in [0.15, 0.2) is 5.78 Å². The largest absolute Gasteiger partial charge is 0.390 e. The number of hydrogen-bond donors (Lipinski definition) is 1. The van der Waals surface area contributed by atoms with E-state index in [1.807, 2.05) is 24.3 Å². The lowest BCUT2D eigenvalue weighted by atomic mass is 9.93. The highest BCUT2D eigenvalue weighted by Gasteiger charge is 2.24. The molecule has 0 fully saturated rings. The summed E-state index contributed by atoms with van der Waals surface area (Å²) in [6.45, 7) is 2.06. The fourth-order valence-electron chi connectivity index (χ4n) is 3.39. The van der Waals surface area contributed by atoms with Gasteiger partial charge >= 0.3 is 0 Å². The number of ketones is 1.